The molecule has 0 bridgehead atoms. The van der Waals surface area contributed by atoms with Crippen molar-refractivity contribution in [2.45, 2.75) is 37.8 Å². The van der Waals surface area contributed by atoms with Crippen LogP contribution in [0.5, 0.6) is 0 Å². The molecule has 1 saturated carbocycles. The zero-order valence-corrected chi connectivity index (χ0v) is 15.1. The third kappa shape index (κ3) is 3.02. The van der Waals surface area contributed by atoms with Gasteiger partial charge in [-0.25, -0.2) is 19.5 Å². The predicted molar refractivity (Wildman–Crippen MR) is 102 cm³/mol. The lowest BCUT2D eigenvalue weighted by molar-refractivity contribution is 0.0681. The maximum Gasteiger partial charge on any atom is 0.241 e. The van der Waals surface area contributed by atoms with Gasteiger partial charge in [0.2, 0.25) is 11.7 Å². The molecular weight excluding hydrogens is 342 g/mol. The van der Waals surface area contributed by atoms with Gasteiger partial charge in [-0.3, -0.25) is 4.40 Å². The summed E-state index contributed by atoms with van der Waals surface area (Å²) in [6.45, 7) is 0. The smallest absolute Gasteiger partial charge is 0.241 e. The summed E-state index contributed by atoms with van der Waals surface area (Å²) in [6, 6.07) is 2.44. The Labute approximate surface area is 156 Å². The van der Waals surface area contributed by atoms with E-state index in [9.17, 15) is 0 Å². The Morgan fingerprint density at radius 1 is 1.07 bits per heavy atom. The van der Waals surface area contributed by atoms with Crippen LogP contribution in [0.25, 0.3) is 22.4 Å². The molecule has 8 heteroatoms. The van der Waals surface area contributed by atoms with E-state index in [1.54, 1.807) is 13.3 Å². The molecule has 8 nitrogen and oxygen atoms in total. The highest BCUT2D eigenvalue weighted by Crippen LogP contribution is 2.26. The Morgan fingerprint density at radius 3 is 2.81 bits per heavy atom. The molecular formula is C19H21N7O. The molecule has 4 heterocycles. The van der Waals surface area contributed by atoms with Gasteiger partial charge in [-0.05, 0) is 31.7 Å². The number of nitrogens with zero attached hydrogens (tertiary/aromatic N) is 6. The van der Waals surface area contributed by atoms with Crippen LogP contribution in [0.15, 0.2) is 43.2 Å². The molecule has 0 atom stereocenters. The van der Waals surface area contributed by atoms with E-state index in [2.05, 4.69) is 25.4 Å². The maximum absolute atomic E-state index is 5.44. The van der Waals surface area contributed by atoms with E-state index in [0.29, 0.717) is 23.9 Å². The van der Waals surface area contributed by atoms with Crippen molar-refractivity contribution in [1.29, 1.82) is 0 Å². The van der Waals surface area contributed by atoms with Crippen molar-refractivity contribution >= 4 is 17.2 Å². The largest absolute Gasteiger partial charge is 0.381 e. The van der Waals surface area contributed by atoms with Crippen molar-refractivity contribution < 1.29 is 4.74 Å². The van der Waals surface area contributed by atoms with Crippen LogP contribution in [0, 0.1) is 0 Å². The molecule has 1 fully saturated rings. The highest BCUT2D eigenvalue weighted by molar-refractivity contribution is 5.79. The molecule has 1 N–H and O–H groups in total. The van der Waals surface area contributed by atoms with E-state index < -0.39 is 0 Å². The van der Waals surface area contributed by atoms with E-state index in [0.717, 1.165) is 42.3 Å². The minimum Gasteiger partial charge on any atom is -0.381 e. The number of aromatic nitrogens is 6. The Hall–Kier alpha value is -3.00. The fourth-order valence-corrected chi connectivity index (χ4v) is 3.79. The average Bonchev–Trinajstić information content (AvgIpc) is 3.34. The lowest BCUT2D eigenvalue weighted by Gasteiger charge is -2.28. The predicted octanol–water partition coefficient (Wildman–Crippen LogP) is 2.81. The molecule has 4 aromatic heterocycles. The first kappa shape index (κ1) is 16.2. The van der Waals surface area contributed by atoms with Crippen molar-refractivity contribution in [2.75, 3.05) is 12.4 Å². The normalized spacial score (nSPS) is 20.3. The van der Waals surface area contributed by atoms with Crippen LogP contribution < -0.4 is 5.32 Å². The molecule has 4 aromatic rings. The molecule has 1 aliphatic rings. The molecule has 0 amide bonds. The van der Waals surface area contributed by atoms with Crippen LogP contribution in [-0.4, -0.2) is 48.2 Å². The number of ether oxygens (including phenoxy) is 1. The van der Waals surface area contributed by atoms with Gasteiger partial charge in [-0.1, -0.05) is 0 Å². The van der Waals surface area contributed by atoms with Crippen LogP contribution in [0.3, 0.4) is 0 Å². The fraction of sp³-hybridized carbons (Fsp3) is 0.368. The number of anilines is 1. The van der Waals surface area contributed by atoms with Gasteiger partial charge in [0, 0.05) is 55.3 Å². The van der Waals surface area contributed by atoms with Gasteiger partial charge in [0.25, 0.3) is 0 Å². The second kappa shape index (κ2) is 6.62. The van der Waals surface area contributed by atoms with Crippen LogP contribution in [0.4, 0.5) is 5.95 Å². The first-order valence-electron chi connectivity index (χ1n) is 9.23. The van der Waals surface area contributed by atoms with Crippen LogP contribution >= 0.6 is 0 Å². The number of nitrogens with one attached hydrogen (secondary N) is 1. The first-order valence-corrected chi connectivity index (χ1v) is 9.23. The van der Waals surface area contributed by atoms with Crippen LogP contribution in [-0.2, 0) is 4.74 Å². The lowest BCUT2D eigenvalue weighted by atomic mass is 9.93. The average molecular weight is 363 g/mol. The van der Waals surface area contributed by atoms with E-state index in [1.807, 2.05) is 46.0 Å². The Bertz CT molecular complexity index is 1080. The number of methoxy groups -OCH3 is 1. The molecule has 27 heavy (non-hydrogen) atoms. The quantitative estimate of drug-likeness (QED) is 0.600. The van der Waals surface area contributed by atoms with E-state index in [1.165, 1.54) is 0 Å². The second-order valence-electron chi connectivity index (χ2n) is 6.97. The summed E-state index contributed by atoms with van der Waals surface area (Å²) in [4.78, 5) is 13.1. The molecule has 138 valence electrons. The summed E-state index contributed by atoms with van der Waals surface area (Å²) in [5.74, 6) is 1.35. The molecule has 0 radical (unpaired) electrons. The highest BCUT2D eigenvalue weighted by atomic mass is 16.5. The zero-order valence-electron chi connectivity index (χ0n) is 15.1. The molecule has 5 rings (SSSR count). The molecule has 0 spiro atoms. The van der Waals surface area contributed by atoms with Gasteiger partial charge in [0.15, 0.2) is 0 Å². The van der Waals surface area contributed by atoms with Gasteiger partial charge < -0.3 is 10.1 Å². The van der Waals surface area contributed by atoms with Gasteiger partial charge in [-0.15, -0.1) is 5.10 Å². The Balaban J connectivity index is 1.39. The maximum atomic E-state index is 5.44. The van der Waals surface area contributed by atoms with Crippen LogP contribution in [0.2, 0.25) is 0 Å². The van der Waals surface area contributed by atoms with E-state index in [-0.39, 0.29) is 0 Å². The third-order valence-electron chi connectivity index (χ3n) is 5.31. The number of hydrogen-bond acceptors (Lipinski definition) is 6. The summed E-state index contributed by atoms with van der Waals surface area (Å²) < 4.78 is 9.21. The van der Waals surface area contributed by atoms with Crippen molar-refractivity contribution in [3.8, 4) is 11.1 Å². The molecule has 0 aromatic carbocycles. The summed E-state index contributed by atoms with van der Waals surface area (Å²) in [6.07, 6.45) is 16.0. The van der Waals surface area contributed by atoms with Gasteiger partial charge >= 0.3 is 0 Å². The zero-order chi connectivity index (χ0) is 18.2. The first-order chi connectivity index (χ1) is 13.3. The third-order valence-corrected chi connectivity index (χ3v) is 5.31. The van der Waals surface area contributed by atoms with E-state index >= 15 is 0 Å². The summed E-state index contributed by atoms with van der Waals surface area (Å²) >= 11 is 0. The fourth-order valence-electron chi connectivity index (χ4n) is 3.79. The number of imidazole rings is 1. The summed E-state index contributed by atoms with van der Waals surface area (Å²) in [7, 11) is 1.79. The summed E-state index contributed by atoms with van der Waals surface area (Å²) in [5, 5.41) is 8.09. The number of rotatable bonds is 4. The van der Waals surface area contributed by atoms with Crippen molar-refractivity contribution in [1.82, 2.24) is 29.0 Å². The lowest BCUT2D eigenvalue weighted by Crippen LogP contribution is -2.30. The summed E-state index contributed by atoms with van der Waals surface area (Å²) in [5.41, 5.74) is 3.00. The topological polar surface area (TPSA) is 81.6 Å². The van der Waals surface area contributed by atoms with Gasteiger partial charge in [0.05, 0.1) is 17.8 Å². The van der Waals surface area contributed by atoms with Crippen LogP contribution in [0.1, 0.15) is 25.7 Å². The van der Waals surface area contributed by atoms with E-state index in [4.69, 9.17) is 4.74 Å². The molecule has 1 aliphatic carbocycles. The monoisotopic (exact) mass is 363 g/mol. The van der Waals surface area contributed by atoms with Gasteiger partial charge in [-0.2, -0.15) is 0 Å². The van der Waals surface area contributed by atoms with Crippen molar-refractivity contribution in [3.63, 3.8) is 0 Å². The van der Waals surface area contributed by atoms with Crippen molar-refractivity contribution in [3.05, 3.63) is 43.2 Å². The van der Waals surface area contributed by atoms with Crippen molar-refractivity contribution in [2.24, 2.45) is 0 Å². The number of fused-ring (bicyclic) bond motifs is 2. The SMILES string of the molecule is CO[C@H]1CC[C@@H](Nc2ncc3c(-c4cnc5nccn5c4)ccn3n2)CC1. The number of hydrogen-bond donors (Lipinski definition) is 1. The minimum atomic E-state index is 0.389. The highest BCUT2D eigenvalue weighted by Gasteiger charge is 2.21. The Kier molecular flexibility index (Phi) is 3.97. The molecule has 0 unspecified atom stereocenters. The Morgan fingerprint density at radius 2 is 1.96 bits per heavy atom. The molecule has 0 aliphatic heterocycles. The molecule has 0 saturated heterocycles. The van der Waals surface area contributed by atoms with Gasteiger partial charge in [0.1, 0.15) is 0 Å². The minimum absolute atomic E-state index is 0.389. The standard InChI is InChI=1S/C19H21N7O/c1-27-15-4-2-14(3-5-15)23-18-21-11-17-16(6-8-26(17)24-18)13-10-22-19-20-7-9-25(19)12-13/h6-12,14-15H,2-5H2,1H3,(H,23,24)/t14-,15+. The second-order valence-corrected chi connectivity index (χ2v) is 6.97.